The van der Waals surface area contributed by atoms with Crippen molar-refractivity contribution in [2.45, 2.75) is 38.6 Å². The zero-order valence-electron chi connectivity index (χ0n) is 14.4. The highest BCUT2D eigenvalue weighted by molar-refractivity contribution is 5.82. The zero-order chi connectivity index (χ0) is 17.3. The molecule has 1 heterocycles. The standard InChI is InChI=1S/C17H28N4O3/c1-11(22)20-6-8-21(9-7-20)14(23)4-5-19-17(24)15-12-2-3-13(10-12)16(15)18/h12-13,15-16H,2-10,18H2,1H3,(H,19,24). The van der Waals surface area contributed by atoms with Crippen molar-refractivity contribution in [3.05, 3.63) is 0 Å². The van der Waals surface area contributed by atoms with Gasteiger partial charge < -0.3 is 20.9 Å². The summed E-state index contributed by atoms with van der Waals surface area (Å²) in [4.78, 5) is 39.4. The molecule has 4 atom stereocenters. The molecular weight excluding hydrogens is 308 g/mol. The summed E-state index contributed by atoms with van der Waals surface area (Å²) < 4.78 is 0. The Balaban J connectivity index is 1.38. The van der Waals surface area contributed by atoms with Crippen LogP contribution in [0.3, 0.4) is 0 Å². The van der Waals surface area contributed by atoms with Gasteiger partial charge in [0, 0.05) is 52.1 Å². The molecule has 2 aliphatic carbocycles. The molecule has 3 N–H and O–H groups in total. The monoisotopic (exact) mass is 336 g/mol. The van der Waals surface area contributed by atoms with Crippen LogP contribution in [0.1, 0.15) is 32.6 Å². The molecule has 1 aliphatic heterocycles. The number of amides is 3. The highest BCUT2D eigenvalue weighted by atomic mass is 16.2. The first-order chi connectivity index (χ1) is 11.5. The van der Waals surface area contributed by atoms with Crippen LogP contribution in [-0.4, -0.2) is 66.3 Å². The molecule has 3 rings (SSSR count). The van der Waals surface area contributed by atoms with E-state index in [1.807, 2.05) is 0 Å². The normalized spacial score (nSPS) is 32.1. The van der Waals surface area contributed by atoms with Gasteiger partial charge in [0.2, 0.25) is 17.7 Å². The van der Waals surface area contributed by atoms with E-state index in [2.05, 4.69) is 5.32 Å². The van der Waals surface area contributed by atoms with E-state index in [1.165, 1.54) is 0 Å². The van der Waals surface area contributed by atoms with Crippen LogP contribution < -0.4 is 11.1 Å². The predicted molar refractivity (Wildman–Crippen MR) is 88.8 cm³/mol. The molecule has 0 aromatic carbocycles. The van der Waals surface area contributed by atoms with E-state index < -0.39 is 0 Å². The summed E-state index contributed by atoms with van der Waals surface area (Å²) >= 11 is 0. The maximum atomic E-state index is 12.4. The van der Waals surface area contributed by atoms with Crippen LogP contribution in [0.25, 0.3) is 0 Å². The SMILES string of the molecule is CC(=O)N1CCN(C(=O)CCNC(=O)C2C3CCC(C3)C2N)CC1. The molecule has 0 aromatic rings. The third kappa shape index (κ3) is 3.41. The number of rotatable bonds is 4. The Bertz CT molecular complexity index is 514. The maximum Gasteiger partial charge on any atom is 0.224 e. The minimum Gasteiger partial charge on any atom is -0.355 e. The van der Waals surface area contributed by atoms with Crippen molar-refractivity contribution in [2.75, 3.05) is 32.7 Å². The first kappa shape index (κ1) is 17.2. The van der Waals surface area contributed by atoms with Crippen molar-refractivity contribution in [3.63, 3.8) is 0 Å². The molecule has 0 spiro atoms. The first-order valence-corrected chi connectivity index (χ1v) is 9.04. The van der Waals surface area contributed by atoms with Crippen LogP contribution in [0.4, 0.5) is 0 Å². The molecule has 7 nitrogen and oxygen atoms in total. The molecule has 3 fully saturated rings. The third-order valence-electron chi connectivity index (χ3n) is 6.00. The van der Waals surface area contributed by atoms with Gasteiger partial charge in [-0.15, -0.1) is 0 Å². The summed E-state index contributed by atoms with van der Waals surface area (Å²) in [5, 5.41) is 2.91. The van der Waals surface area contributed by atoms with Crippen LogP contribution in [-0.2, 0) is 14.4 Å². The van der Waals surface area contributed by atoms with E-state index >= 15 is 0 Å². The molecule has 0 aromatic heterocycles. The number of nitrogens with zero attached hydrogens (tertiary/aromatic N) is 2. The van der Waals surface area contributed by atoms with Crippen LogP contribution in [0.2, 0.25) is 0 Å². The molecule has 2 saturated carbocycles. The summed E-state index contributed by atoms with van der Waals surface area (Å²) in [6.07, 6.45) is 3.65. The lowest BCUT2D eigenvalue weighted by atomic mass is 9.84. The molecule has 1 saturated heterocycles. The van der Waals surface area contributed by atoms with Gasteiger partial charge in [0.1, 0.15) is 0 Å². The Morgan fingerprint density at radius 2 is 1.67 bits per heavy atom. The molecule has 24 heavy (non-hydrogen) atoms. The van der Waals surface area contributed by atoms with Gasteiger partial charge in [0.15, 0.2) is 0 Å². The third-order valence-corrected chi connectivity index (χ3v) is 6.00. The minimum absolute atomic E-state index is 0.0147. The molecule has 2 bridgehead atoms. The number of nitrogens with one attached hydrogen (secondary N) is 1. The van der Waals surface area contributed by atoms with Gasteiger partial charge in [-0.25, -0.2) is 0 Å². The van der Waals surface area contributed by atoms with Crippen molar-refractivity contribution in [2.24, 2.45) is 23.5 Å². The number of carbonyl (C=O) groups is 3. The van der Waals surface area contributed by atoms with Gasteiger partial charge in [0.05, 0.1) is 5.92 Å². The molecule has 4 unspecified atom stereocenters. The van der Waals surface area contributed by atoms with E-state index in [1.54, 1.807) is 16.7 Å². The predicted octanol–water partition coefficient (Wildman–Crippen LogP) is -0.443. The Kier molecular flexibility index (Phi) is 5.08. The lowest BCUT2D eigenvalue weighted by molar-refractivity contribution is -0.138. The highest BCUT2D eigenvalue weighted by Crippen LogP contribution is 2.47. The average molecular weight is 336 g/mol. The summed E-state index contributed by atoms with van der Waals surface area (Å²) in [6.45, 7) is 4.24. The fourth-order valence-electron chi connectivity index (χ4n) is 4.56. The number of nitrogens with two attached hydrogens (primary N) is 1. The molecule has 7 heteroatoms. The van der Waals surface area contributed by atoms with Crippen LogP contribution >= 0.6 is 0 Å². The average Bonchev–Trinajstić information content (AvgIpc) is 3.15. The second-order valence-electron chi connectivity index (χ2n) is 7.36. The van der Waals surface area contributed by atoms with E-state index in [4.69, 9.17) is 5.73 Å². The molecule has 3 amide bonds. The number of piperazine rings is 1. The van der Waals surface area contributed by atoms with Crippen molar-refractivity contribution in [3.8, 4) is 0 Å². The second kappa shape index (κ2) is 7.09. The van der Waals surface area contributed by atoms with Crippen molar-refractivity contribution >= 4 is 17.7 Å². The second-order valence-corrected chi connectivity index (χ2v) is 7.36. The topological polar surface area (TPSA) is 95.7 Å². The van der Waals surface area contributed by atoms with Gasteiger partial charge in [0.25, 0.3) is 0 Å². The number of fused-ring (bicyclic) bond motifs is 2. The molecule has 3 aliphatic rings. The van der Waals surface area contributed by atoms with E-state index in [0.717, 1.165) is 19.3 Å². The summed E-state index contributed by atoms with van der Waals surface area (Å²) in [6, 6.07) is -0.0147. The molecule has 0 radical (unpaired) electrons. The smallest absolute Gasteiger partial charge is 0.224 e. The fraction of sp³-hybridized carbons (Fsp3) is 0.824. The van der Waals surface area contributed by atoms with Gasteiger partial charge >= 0.3 is 0 Å². The number of hydrogen-bond acceptors (Lipinski definition) is 4. The Labute approximate surface area is 142 Å². The van der Waals surface area contributed by atoms with Gasteiger partial charge in [-0.1, -0.05) is 0 Å². The highest BCUT2D eigenvalue weighted by Gasteiger charge is 2.48. The molecule has 134 valence electrons. The number of hydrogen-bond donors (Lipinski definition) is 2. The van der Waals surface area contributed by atoms with Gasteiger partial charge in [-0.05, 0) is 31.1 Å². The summed E-state index contributed by atoms with van der Waals surface area (Å²) in [5.41, 5.74) is 6.18. The summed E-state index contributed by atoms with van der Waals surface area (Å²) in [5.74, 6) is 0.972. The van der Waals surface area contributed by atoms with Crippen molar-refractivity contribution < 1.29 is 14.4 Å². The van der Waals surface area contributed by atoms with Crippen LogP contribution in [0.15, 0.2) is 0 Å². The molecular formula is C17H28N4O3. The first-order valence-electron chi connectivity index (χ1n) is 9.04. The van der Waals surface area contributed by atoms with E-state index in [0.29, 0.717) is 51.0 Å². The number of carbonyl (C=O) groups excluding carboxylic acids is 3. The lowest BCUT2D eigenvalue weighted by Crippen LogP contribution is -2.50. The van der Waals surface area contributed by atoms with Gasteiger partial charge in [-0.3, -0.25) is 14.4 Å². The van der Waals surface area contributed by atoms with E-state index in [-0.39, 0.29) is 29.7 Å². The van der Waals surface area contributed by atoms with E-state index in [9.17, 15) is 14.4 Å². The quantitative estimate of drug-likeness (QED) is 0.727. The van der Waals surface area contributed by atoms with Crippen LogP contribution in [0, 0.1) is 17.8 Å². The lowest BCUT2D eigenvalue weighted by Gasteiger charge is -2.34. The zero-order valence-corrected chi connectivity index (χ0v) is 14.4. The maximum absolute atomic E-state index is 12.4. The minimum atomic E-state index is -0.0713. The Hall–Kier alpha value is -1.63. The van der Waals surface area contributed by atoms with Crippen molar-refractivity contribution in [1.82, 2.24) is 15.1 Å². The van der Waals surface area contributed by atoms with Gasteiger partial charge in [-0.2, -0.15) is 0 Å². The summed E-state index contributed by atoms with van der Waals surface area (Å²) in [7, 11) is 0. The van der Waals surface area contributed by atoms with Crippen molar-refractivity contribution in [1.29, 1.82) is 0 Å². The fourth-order valence-corrected chi connectivity index (χ4v) is 4.56. The Morgan fingerprint density at radius 3 is 2.25 bits per heavy atom. The van der Waals surface area contributed by atoms with Crippen LogP contribution in [0.5, 0.6) is 0 Å². The largest absolute Gasteiger partial charge is 0.355 e. The Morgan fingerprint density at radius 1 is 1.04 bits per heavy atom.